The van der Waals surface area contributed by atoms with Crippen LogP contribution >= 0.6 is 0 Å². The van der Waals surface area contributed by atoms with Crippen LogP contribution in [0.2, 0.25) is 0 Å². The standard InChI is InChI=1S/C15H23N3O/c16-15(18-13-7-2-1-3-8-13)17-11-6-10-14-9-4-5-12-19-14/h1-3,7-8,14H,4-6,9-12H2,(H3,16,17,18). The van der Waals surface area contributed by atoms with Crippen molar-refractivity contribution in [3.8, 4) is 0 Å². The van der Waals surface area contributed by atoms with Gasteiger partial charge < -0.3 is 15.8 Å². The van der Waals surface area contributed by atoms with Gasteiger partial charge in [0.2, 0.25) is 0 Å². The summed E-state index contributed by atoms with van der Waals surface area (Å²) in [5.41, 5.74) is 6.80. The molecule has 1 atom stereocenters. The summed E-state index contributed by atoms with van der Waals surface area (Å²) in [5, 5.41) is 3.08. The number of rotatable bonds is 5. The van der Waals surface area contributed by atoms with Crippen molar-refractivity contribution in [2.45, 2.75) is 38.2 Å². The lowest BCUT2D eigenvalue weighted by molar-refractivity contribution is 0.0105. The molecule has 4 heteroatoms. The van der Waals surface area contributed by atoms with Crippen LogP contribution in [0.25, 0.3) is 0 Å². The molecule has 1 aromatic rings. The van der Waals surface area contributed by atoms with Gasteiger partial charge >= 0.3 is 0 Å². The summed E-state index contributed by atoms with van der Waals surface area (Å²) in [6, 6.07) is 9.85. The van der Waals surface area contributed by atoms with E-state index in [0.717, 1.165) is 31.7 Å². The average molecular weight is 261 g/mol. The van der Waals surface area contributed by atoms with E-state index >= 15 is 0 Å². The molecule has 0 aliphatic carbocycles. The van der Waals surface area contributed by atoms with E-state index in [9.17, 15) is 0 Å². The summed E-state index contributed by atoms with van der Waals surface area (Å²) in [6.07, 6.45) is 6.26. The summed E-state index contributed by atoms with van der Waals surface area (Å²) in [7, 11) is 0. The van der Waals surface area contributed by atoms with Gasteiger partial charge in [-0.15, -0.1) is 0 Å². The number of para-hydroxylation sites is 1. The molecule has 0 saturated carbocycles. The van der Waals surface area contributed by atoms with Gasteiger partial charge in [0.15, 0.2) is 5.96 Å². The maximum Gasteiger partial charge on any atom is 0.193 e. The van der Waals surface area contributed by atoms with Crippen molar-refractivity contribution in [2.24, 2.45) is 10.7 Å². The zero-order valence-corrected chi connectivity index (χ0v) is 11.3. The average Bonchev–Trinajstić information content (AvgIpc) is 2.46. The highest BCUT2D eigenvalue weighted by atomic mass is 16.5. The van der Waals surface area contributed by atoms with Crippen molar-refractivity contribution in [2.75, 3.05) is 18.5 Å². The van der Waals surface area contributed by atoms with Gasteiger partial charge in [-0.3, -0.25) is 4.99 Å². The molecular formula is C15H23N3O. The number of anilines is 1. The molecule has 104 valence electrons. The van der Waals surface area contributed by atoms with E-state index in [4.69, 9.17) is 10.5 Å². The van der Waals surface area contributed by atoms with E-state index in [0.29, 0.717) is 12.1 Å². The van der Waals surface area contributed by atoms with Gasteiger partial charge in [-0.05, 0) is 44.2 Å². The minimum Gasteiger partial charge on any atom is -0.378 e. The minimum absolute atomic E-state index is 0.437. The minimum atomic E-state index is 0.437. The number of hydrogen-bond donors (Lipinski definition) is 2. The zero-order valence-electron chi connectivity index (χ0n) is 11.3. The summed E-state index contributed by atoms with van der Waals surface area (Å²) >= 11 is 0. The predicted molar refractivity (Wildman–Crippen MR) is 79.4 cm³/mol. The molecular weight excluding hydrogens is 238 g/mol. The molecule has 1 aliphatic rings. The fourth-order valence-corrected chi connectivity index (χ4v) is 2.26. The molecule has 1 aliphatic heterocycles. The molecule has 1 unspecified atom stereocenters. The topological polar surface area (TPSA) is 59.6 Å². The summed E-state index contributed by atoms with van der Waals surface area (Å²) < 4.78 is 5.69. The van der Waals surface area contributed by atoms with Crippen LogP contribution in [0.4, 0.5) is 5.69 Å². The highest BCUT2D eigenvalue weighted by Crippen LogP contribution is 2.16. The number of nitrogens with zero attached hydrogens (tertiary/aromatic N) is 1. The Morgan fingerprint density at radius 1 is 1.32 bits per heavy atom. The Morgan fingerprint density at radius 3 is 2.89 bits per heavy atom. The third kappa shape index (κ3) is 5.30. The monoisotopic (exact) mass is 261 g/mol. The Labute approximate surface area is 115 Å². The zero-order chi connectivity index (χ0) is 13.3. The third-order valence-corrected chi connectivity index (χ3v) is 3.29. The maximum absolute atomic E-state index is 5.83. The number of aliphatic imine (C=N–C) groups is 1. The Hall–Kier alpha value is -1.55. The summed E-state index contributed by atoms with van der Waals surface area (Å²) in [5.74, 6) is 0.482. The first-order valence-corrected chi connectivity index (χ1v) is 7.08. The van der Waals surface area contributed by atoms with Crippen LogP contribution in [0.5, 0.6) is 0 Å². The van der Waals surface area contributed by atoms with Gasteiger partial charge in [0.05, 0.1) is 6.10 Å². The van der Waals surface area contributed by atoms with Crippen LogP contribution in [-0.2, 0) is 4.74 Å². The van der Waals surface area contributed by atoms with Crippen LogP contribution < -0.4 is 11.1 Å². The molecule has 0 amide bonds. The molecule has 0 aromatic heterocycles. The molecule has 3 N–H and O–H groups in total. The summed E-state index contributed by atoms with van der Waals surface area (Å²) in [4.78, 5) is 4.33. The van der Waals surface area contributed by atoms with Crippen molar-refractivity contribution in [3.05, 3.63) is 30.3 Å². The molecule has 0 radical (unpaired) electrons. The van der Waals surface area contributed by atoms with Gasteiger partial charge in [0, 0.05) is 18.8 Å². The van der Waals surface area contributed by atoms with Gasteiger partial charge in [0.1, 0.15) is 0 Å². The Kier molecular flexibility index (Phi) is 5.69. The molecule has 0 bridgehead atoms. The van der Waals surface area contributed by atoms with E-state index in [-0.39, 0.29) is 0 Å². The van der Waals surface area contributed by atoms with E-state index in [2.05, 4.69) is 10.3 Å². The number of nitrogens with two attached hydrogens (primary N) is 1. The molecule has 1 aromatic carbocycles. The lowest BCUT2D eigenvalue weighted by Gasteiger charge is -2.22. The van der Waals surface area contributed by atoms with E-state index < -0.39 is 0 Å². The van der Waals surface area contributed by atoms with Crippen LogP contribution in [-0.4, -0.2) is 25.2 Å². The molecule has 1 fully saturated rings. The van der Waals surface area contributed by atoms with E-state index in [1.807, 2.05) is 30.3 Å². The van der Waals surface area contributed by atoms with Crippen molar-refractivity contribution in [1.29, 1.82) is 0 Å². The van der Waals surface area contributed by atoms with Crippen LogP contribution in [0.1, 0.15) is 32.1 Å². The third-order valence-electron chi connectivity index (χ3n) is 3.29. The van der Waals surface area contributed by atoms with Crippen LogP contribution in [0, 0.1) is 0 Å². The van der Waals surface area contributed by atoms with E-state index in [1.54, 1.807) is 0 Å². The quantitative estimate of drug-likeness (QED) is 0.487. The van der Waals surface area contributed by atoms with Crippen LogP contribution in [0.15, 0.2) is 35.3 Å². The second-order valence-electron chi connectivity index (χ2n) is 4.89. The highest BCUT2D eigenvalue weighted by molar-refractivity contribution is 5.92. The van der Waals surface area contributed by atoms with Gasteiger partial charge in [0.25, 0.3) is 0 Å². The molecule has 2 rings (SSSR count). The SMILES string of the molecule is NC(=NCCCC1CCCCO1)Nc1ccccc1. The highest BCUT2D eigenvalue weighted by Gasteiger charge is 2.12. The van der Waals surface area contributed by atoms with Crippen molar-refractivity contribution >= 4 is 11.6 Å². The number of hydrogen-bond acceptors (Lipinski definition) is 2. The number of ether oxygens (including phenoxy) is 1. The number of nitrogens with one attached hydrogen (secondary N) is 1. The number of benzene rings is 1. The van der Waals surface area contributed by atoms with Gasteiger partial charge in [-0.25, -0.2) is 0 Å². The fourth-order valence-electron chi connectivity index (χ4n) is 2.26. The first kappa shape index (κ1) is 13.9. The van der Waals surface area contributed by atoms with Crippen molar-refractivity contribution in [1.82, 2.24) is 0 Å². The molecule has 1 saturated heterocycles. The predicted octanol–water partition coefficient (Wildman–Crippen LogP) is 2.76. The molecule has 0 spiro atoms. The van der Waals surface area contributed by atoms with Crippen LogP contribution in [0.3, 0.4) is 0 Å². The number of guanidine groups is 1. The lowest BCUT2D eigenvalue weighted by Crippen LogP contribution is -2.23. The largest absolute Gasteiger partial charge is 0.378 e. The first-order chi connectivity index (χ1) is 9.34. The molecule has 19 heavy (non-hydrogen) atoms. The maximum atomic E-state index is 5.83. The normalized spacial score (nSPS) is 20.2. The second-order valence-corrected chi connectivity index (χ2v) is 4.89. The fraction of sp³-hybridized carbons (Fsp3) is 0.533. The Morgan fingerprint density at radius 2 is 2.16 bits per heavy atom. The Bertz CT molecular complexity index is 386. The molecule has 1 heterocycles. The molecule has 4 nitrogen and oxygen atoms in total. The Balaban J connectivity index is 1.64. The van der Waals surface area contributed by atoms with Gasteiger partial charge in [-0.1, -0.05) is 18.2 Å². The second kappa shape index (κ2) is 7.79. The van der Waals surface area contributed by atoms with Gasteiger partial charge in [-0.2, -0.15) is 0 Å². The van der Waals surface area contributed by atoms with Crippen molar-refractivity contribution < 1.29 is 4.74 Å². The van der Waals surface area contributed by atoms with Crippen molar-refractivity contribution in [3.63, 3.8) is 0 Å². The lowest BCUT2D eigenvalue weighted by atomic mass is 10.1. The van der Waals surface area contributed by atoms with E-state index in [1.165, 1.54) is 19.3 Å². The smallest absolute Gasteiger partial charge is 0.193 e. The summed E-state index contributed by atoms with van der Waals surface area (Å²) in [6.45, 7) is 1.68. The first-order valence-electron chi connectivity index (χ1n) is 7.08.